The van der Waals surface area contributed by atoms with Gasteiger partial charge in [0.05, 0.1) is 16.6 Å². The third-order valence-corrected chi connectivity index (χ3v) is 3.90. The molecule has 0 spiro atoms. The van der Waals surface area contributed by atoms with E-state index in [1.165, 1.54) is 11.8 Å². The van der Waals surface area contributed by atoms with Gasteiger partial charge in [0.15, 0.2) is 5.16 Å². The number of amides is 1. The first-order valence-corrected chi connectivity index (χ1v) is 7.52. The summed E-state index contributed by atoms with van der Waals surface area (Å²) in [5.41, 5.74) is 7.76. The predicted molar refractivity (Wildman–Crippen MR) is 86.6 cm³/mol. The summed E-state index contributed by atoms with van der Waals surface area (Å²) in [4.78, 5) is 20.5. The number of hydrogen-bond donors (Lipinski definition) is 2. The van der Waals surface area contributed by atoms with Crippen LogP contribution in [0.4, 0.5) is 11.4 Å². The summed E-state index contributed by atoms with van der Waals surface area (Å²) in [5, 5.41) is 3.52. The molecule has 1 heterocycles. The average molecular weight is 323 g/mol. The number of nitrogens with zero attached hydrogens (tertiary/aromatic N) is 2. The van der Waals surface area contributed by atoms with Crippen molar-refractivity contribution in [1.29, 1.82) is 0 Å². The largest absolute Gasteiger partial charge is 0.397 e. The van der Waals surface area contributed by atoms with E-state index in [0.717, 1.165) is 5.56 Å². The first-order chi connectivity index (χ1) is 9.95. The zero-order valence-corrected chi connectivity index (χ0v) is 13.2. The Morgan fingerprint density at radius 1 is 1.38 bits per heavy atom. The molecule has 0 aliphatic rings. The molecule has 1 atom stereocenters. The number of halogens is 1. The Morgan fingerprint density at radius 3 is 2.67 bits per heavy atom. The van der Waals surface area contributed by atoms with Crippen LogP contribution in [0.1, 0.15) is 12.5 Å². The quantitative estimate of drug-likeness (QED) is 0.513. The van der Waals surface area contributed by atoms with Crippen LogP contribution in [0, 0.1) is 6.92 Å². The van der Waals surface area contributed by atoms with Crippen molar-refractivity contribution in [3.8, 4) is 0 Å². The monoisotopic (exact) mass is 322 g/mol. The summed E-state index contributed by atoms with van der Waals surface area (Å²) in [6.07, 6.45) is 3.44. The first-order valence-electron chi connectivity index (χ1n) is 6.27. The van der Waals surface area contributed by atoms with E-state index in [4.69, 9.17) is 17.3 Å². The second kappa shape index (κ2) is 6.78. The highest BCUT2D eigenvalue weighted by Crippen LogP contribution is 2.25. The summed E-state index contributed by atoms with van der Waals surface area (Å²) in [6, 6.07) is 4.95. The van der Waals surface area contributed by atoms with Gasteiger partial charge in [0.25, 0.3) is 0 Å². The SMILES string of the molecule is Cc1cnc(SC(C)C(=O)Nc2ccc(Cl)cc2N)nc1. The lowest BCUT2D eigenvalue weighted by Crippen LogP contribution is -2.23. The van der Waals surface area contributed by atoms with Crippen molar-refractivity contribution in [1.82, 2.24) is 9.97 Å². The number of carbonyl (C=O) groups excluding carboxylic acids is 1. The van der Waals surface area contributed by atoms with E-state index in [2.05, 4.69) is 15.3 Å². The van der Waals surface area contributed by atoms with Crippen LogP contribution in [-0.2, 0) is 4.79 Å². The number of nitrogen functional groups attached to an aromatic ring is 1. The van der Waals surface area contributed by atoms with Gasteiger partial charge >= 0.3 is 0 Å². The number of anilines is 2. The van der Waals surface area contributed by atoms with E-state index < -0.39 is 0 Å². The fourth-order valence-electron chi connectivity index (χ4n) is 1.54. The Balaban J connectivity index is 2.00. The second-order valence-electron chi connectivity index (χ2n) is 4.52. The van der Waals surface area contributed by atoms with Crippen molar-refractivity contribution >= 4 is 40.6 Å². The fraction of sp³-hybridized carbons (Fsp3) is 0.214. The summed E-state index contributed by atoms with van der Waals surface area (Å²) in [5.74, 6) is -0.168. The molecule has 0 saturated heterocycles. The van der Waals surface area contributed by atoms with E-state index in [1.807, 2.05) is 6.92 Å². The molecule has 2 aromatic rings. The van der Waals surface area contributed by atoms with Crippen molar-refractivity contribution < 1.29 is 4.79 Å². The molecule has 1 unspecified atom stereocenters. The van der Waals surface area contributed by atoms with Gasteiger partial charge in [0.2, 0.25) is 5.91 Å². The number of carbonyl (C=O) groups is 1. The maximum Gasteiger partial charge on any atom is 0.237 e. The molecule has 0 aliphatic carbocycles. The number of aryl methyl sites for hydroxylation is 1. The molecule has 1 aromatic heterocycles. The van der Waals surface area contributed by atoms with E-state index in [1.54, 1.807) is 37.5 Å². The molecule has 0 aliphatic heterocycles. The average Bonchev–Trinajstić information content (AvgIpc) is 2.44. The minimum atomic E-state index is -0.345. The molecule has 0 fully saturated rings. The fourth-order valence-corrected chi connectivity index (χ4v) is 2.42. The van der Waals surface area contributed by atoms with Crippen molar-refractivity contribution in [3.63, 3.8) is 0 Å². The Kier molecular flexibility index (Phi) is 5.03. The highest BCUT2D eigenvalue weighted by atomic mass is 35.5. The van der Waals surface area contributed by atoms with Crippen LogP contribution < -0.4 is 11.1 Å². The topological polar surface area (TPSA) is 80.9 Å². The number of thioether (sulfide) groups is 1. The minimum absolute atomic E-state index is 0.168. The number of rotatable bonds is 4. The highest BCUT2D eigenvalue weighted by molar-refractivity contribution is 8.00. The second-order valence-corrected chi connectivity index (χ2v) is 6.27. The van der Waals surface area contributed by atoms with Gasteiger partial charge in [-0.25, -0.2) is 9.97 Å². The summed E-state index contributed by atoms with van der Waals surface area (Å²) >= 11 is 7.11. The smallest absolute Gasteiger partial charge is 0.237 e. The van der Waals surface area contributed by atoms with Gasteiger partial charge in [-0.3, -0.25) is 4.79 Å². The molecule has 1 aromatic carbocycles. The normalized spacial score (nSPS) is 12.0. The molecular formula is C14H15ClN4OS. The number of nitrogens with two attached hydrogens (primary N) is 1. The van der Waals surface area contributed by atoms with Crippen LogP contribution >= 0.6 is 23.4 Å². The van der Waals surface area contributed by atoms with E-state index in [-0.39, 0.29) is 11.2 Å². The molecule has 0 radical (unpaired) electrons. The minimum Gasteiger partial charge on any atom is -0.397 e. The number of nitrogens with one attached hydrogen (secondary N) is 1. The van der Waals surface area contributed by atoms with Gasteiger partial charge in [-0.05, 0) is 37.6 Å². The Bertz CT molecular complexity index is 648. The molecule has 0 saturated carbocycles. The van der Waals surface area contributed by atoms with Crippen LogP contribution in [0.5, 0.6) is 0 Å². The molecule has 0 bridgehead atoms. The van der Waals surface area contributed by atoms with Gasteiger partial charge in [0, 0.05) is 17.4 Å². The number of aromatic nitrogens is 2. The third-order valence-electron chi connectivity index (χ3n) is 2.68. The Morgan fingerprint density at radius 2 is 2.05 bits per heavy atom. The van der Waals surface area contributed by atoms with E-state index in [0.29, 0.717) is 21.6 Å². The molecule has 5 nitrogen and oxygen atoms in total. The lowest BCUT2D eigenvalue weighted by molar-refractivity contribution is -0.115. The summed E-state index contributed by atoms with van der Waals surface area (Å²) in [6.45, 7) is 3.70. The molecular weight excluding hydrogens is 308 g/mol. The van der Waals surface area contributed by atoms with Crippen molar-refractivity contribution in [2.24, 2.45) is 0 Å². The predicted octanol–water partition coefficient (Wildman–Crippen LogP) is 3.14. The van der Waals surface area contributed by atoms with Crippen LogP contribution in [0.3, 0.4) is 0 Å². The van der Waals surface area contributed by atoms with Gasteiger partial charge in [-0.15, -0.1) is 0 Å². The Hall–Kier alpha value is -1.79. The number of benzene rings is 1. The van der Waals surface area contributed by atoms with E-state index >= 15 is 0 Å². The molecule has 7 heteroatoms. The van der Waals surface area contributed by atoms with Crippen LogP contribution in [0.2, 0.25) is 5.02 Å². The first kappa shape index (κ1) is 15.6. The lowest BCUT2D eigenvalue weighted by Gasteiger charge is -2.12. The Labute approximate surface area is 132 Å². The molecule has 2 rings (SSSR count). The summed E-state index contributed by atoms with van der Waals surface area (Å²) in [7, 11) is 0. The lowest BCUT2D eigenvalue weighted by atomic mass is 10.2. The zero-order valence-electron chi connectivity index (χ0n) is 11.6. The molecule has 21 heavy (non-hydrogen) atoms. The van der Waals surface area contributed by atoms with Gasteiger partial charge in [-0.2, -0.15) is 0 Å². The van der Waals surface area contributed by atoms with Crippen molar-refractivity contribution in [2.75, 3.05) is 11.1 Å². The van der Waals surface area contributed by atoms with Gasteiger partial charge in [-0.1, -0.05) is 23.4 Å². The van der Waals surface area contributed by atoms with Crippen molar-refractivity contribution in [2.45, 2.75) is 24.3 Å². The van der Waals surface area contributed by atoms with Crippen LogP contribution in [-0.4, -0.2) is 21.1 Å². The number of hydrogen-bond acceptors (Lipinski definition) is 5. The van der Waals surface area contributed by atoms with Gasteiger partial charge in [0.1, 0.15) is 0 Å². The van der Waals surface area contributed by atoms with Gasteiger partial charge < -0.3 is 11.1 Å². The summed E-state index contributed by atoms with van der Waals surface area (Å²) < 4.78 is 0. The standard InChI is InChI=1S/C14H15ClN4OS/c1-8-6-17-14(18-7-8)21-9(2)13(20)19-12-4-3-10(15)5-11(12)16/h3-7,9H,16H2,1-2H3,(H,19,20). The maximum atomic E-state index is 12.1. The highest BCUT2D eigenvalue weighted by Gasteiger charge is 2.17. The maximum absolute atomic E-state index is 12.1. The third kappa shape index (κ3) is 4.34. The van der Waals surface area contributed by atoms with Crippen LogP contribution in [0.25, 0.3) is 0 Å². The molecule has 3 N–H and O–H groups in total. The molecule has 1 amide bonds. The molecule has 110 valence electrons. The van der Waals surface area contributed by atoms with Crippen molar-refractivity contribution in [3.05, 3.63) is 41.2 Å². The van der Waals surface area contributed by atoms with E-state index in [9.17, 15) is 4.79 Å². The zero-order chi connectivity index (χ0) is 15.4. The van der Waals surface area contributed by atoms with Crippen LogP contribution in [0.15, 0.2) is 35.7 Å².